The van der Waals surface area contributed by atoms with Gasteiger partial charge in [0.1, 0.15) is 14.0 Å². The first-order chi connectivity index (χ1) is 8.85. The number of rotatable bonds is 7. The van der Waals surface area contributed by atoms with Crippen LogP contribution < -0.4 is 0 Å². The van der Waals surface area contributed by atoms with E-state index in [1.54, 1.807) is 13.8 Å². The Morgan fingerprint density at radius 3 is 2.26 bits per heavy atom. The van der Waals surface area contributed by atoms with Crippen LogP contribution in [0.3, 0.4) is 0 Å². The van der Waals surface area contributed by atoms with Gasteiger partial charge in [-0.05, 0) is 13.8 Å². The van der Waals surface area contributed by atoms with Crippen molar-refractivity contribution in [1.82, 2.24) is 0 Å². The summed E-state index contributed by atoms with van der Waals surface area (Å²) < 4.78 is 27.2. The lowest BCUT2D eigenvalue weighted by molar-refractivity contribution is -0.0587. The smallest absolute Gasteiger partial charge is 0.361 e. The SMILES string of the molecule is [B][C@@H]1O[C@H](C(O)C(O)P(=O)(OCC)OCC)C[C@@H]1O. The quantitative estimate of drug-likeness (QED) is 0.432. The molecule has 0 saturated carbocycles. The van der Waals surface area contributed by atoms with Crippen molar-refractivity contribution in [2.24, 2.45) is 0 Å². The third-order valence-electron chi connectivity index (χ3n) is 2.81. The molecule has 1 aliphatic rings. The molecule has 1 saturated heterocycles. The first kappa shape index (κ1) is 17.1. The van der Waals surface area contributed by atoms with Crippen LogP contribution in [0.4, 0.5) is 0 Å². The fourth-order valence-electron chi connectivity index (χ4n) is 1.87. The summed E-state index contributed by atoms with van der Waals surface area (Å²) in [4.78, 5) is 0. The fourth-order valence-corrected chi connectivity index (χ4v) is 3.53. The molecule has 1 heterocycles. The number of ether oxygens (including phenoxy) is 1. The number of aliphatic hydroxyl groups excluding tert-OH is 3. The minimum Gasteiger partial charge on any atom is -0.391 e. The van der Waals surface area contributed by atoms with Gasteiger partial charge in [0.25, 0.3) is 0 Å². The van der Waals surface area contributed by atoms with Gasteiger partial charge in [-0.1, -0.05) is 0 Å². The van der Waals surface area contributed by atoms with Gasteiger partial charge in [-0.2, -0.15) is 0 Å². The number of hydrogen-bond acceptors (Lipinski definition) is 7. The Kier molecular flexibility index (Phi) is 6.46. The van der Waals surface area contributed by atoms with Gasteiger partial charge in [-0.15, -0.1) is 0 Å². The predicted octanol–water partition coefficient (Wildman–Crippen LogP) is -0.424. The second-order valence-electron chi connectivity index (χ2n) is 4.22. The zero-order valence-electron chi connectivity index (χ0n) is 11.0. The van der Waals surface area contributed by atoms with Gasteiger partial charge in [0, 0.05) is 12.4 Å². The molecule has 5 atom stereocenters. The van der Waals surface area contributed by atoms with Crippen molar-refractivity contribution in [2.45, 2.75) is 50.4 Å². The van der Waals surface area contributed by atoms with E-state index in [0.29, 0.717) is 0 Å². The summed E-state index contributed by atoms with van der Waals surface area (Å²) in [6.45, 7) is 3.32. The molecular weight excluding hydrogens is 274 g/mol. The molecule has 9 heteroatoms. The Morgan fingerprint density at radius 2 is 1.89 bits per heavy atom. The van der Waals surface area contributed by atoms with Crippen molar-refractivity contribution in [3.05, 3.63) is 0 Å². The van der Waals surface area contributed by atoms with Gasteiger partial charge >= 0.3 is 7.60 Å². The van der Waals surface area contributed by atoms with Crippen LogP contribution in [0.5, 0.6) is 0 Å². The third kappa shape index (κ3) is 4.01. The molecule has 3 N–H and O–H groups in total. The maximum Gasteiger partial charge on any atom is 0.361 e. The molecule has 2 radical (unpaired) electrons. The number of aliphatic hydroxyl groups is 3. The first-order valence-corrected chi connectivity index (χ1v) is 7.81. The molecule has 0 aromatic rings. The molecule has 0 aliphatic carbocycles. The zero-order chi connectivity index (χ0) is 14.6. The molecule has 110 valence electrons. The van der Waals surface area contributed by atoms with Gasteiger partial charge in [-0.3, -0.25) is 4.57 Å². The maximum atomic E-state index is 12.3. The van der Waals surface area contributed by atoms with Gasteiger partial charge in [0.05, 0.1) is 25.4 Å². The van der Waals surface area contributed by atoms with Gasteiger partial charge in [0.2, 0.25) is 0 Å². The summed E-state index contributed by atoms with van der Waals surface area (Å²) in [6, 6.07) is -0.939. The summed E-state index contributed by atoms with van der Waals surface area (Å²) in [5, 5.41) is 29.4. The Morgan fingerprint density at radius 1 is 1.37 bits per heavy atom. The van der Waals surface area contributed by atoms with Crippen LogP contribution in [0.1, 0.15) is 20.3 Å². The van der Waals surface area contributed by atoms with Crippen molar-refractivity contribution in [2.75, 3.05) is 13.2 Å². The molecule has 19 heavy (non-hydrogen) atoms. The molecule has 0 spiro atoms. The summed E-state index contributed by atoms with van der Waals surface area (Å²) >= 11 is 0. The lowest BCUT2D eigenvalue weighted by Gasteiger charge is -2.28. The summed E-state index contributed by atoms with van der Waals surface area (Å²) in [7, 11) is 1.58. The molecule has 0 bridgehead atoms. The average molecular weight is 294 g/mol. The van der Waals surface area contributed by atoms with Crippen molar-refractivity contribution in [1.29, 1.82) is 0 Å². The Bertz CT molecular complexity index is 309. The van der Waals surface area contributed by atoms with Gasteiger partial charge in [-0.25, -0.2) is 0 Å². The lowest BCUT2D eigenvalue weighted by Crippen LogP contribution is -2.38. The van der Waals surface area contributed by atoms with E-state index in [0.717, 1.165) is 0 Å². The second kappa shape index (κ2) is 7.17. The minimum absolute atomic E-state index is 0.0393. The molecule has 1 rings (SSSR count). The topological polar surface area (TPSA) is 105 Å². The van der Waals surface area contributed by atoms with Crippen molar-refractivity contribution in [3.63, 3.8) is 0 Å². The summed E-state index contributed by atoms with van der Waals surface area (Å²) in [6.07, 6.45) is -3.34. The minimum atomic E-state index is -3.86. The van der Waals surface area contributed by atoms with Crippen LogP contribution in [0, 0.1) is 0 Å². The number of hydrogen-bond donors (Lipinski definition) is 3. The Balaban J connectivity index is 2.74. The molecule has 0 aromatic heterocycles. The first-order valence-electron chi connectivity index (χ1n) is 6.19. The van der Waals surface area contributed by atoms with Crippen molar-refractivity contribution >= 4 is 15.4 Å². The largest absolute Gasteiger partial charge is 0.391 e. The molecule has 0 amide bonds. The Hall–Kier alpha value is 0.0549. The van der Waals surface area contributed by atoms with E-state index in [1.165, 1.54) is 0 Å². The average Bonchev–Trinajstić information content (AvgIpc) is 2.68. The van der Waals surface area contributed by atoms with E-state index >= 15 is 0 Å². The maximum absolute atomic E-state index is 12.3. The highest BCUT2D eigenvalue weighted by molar-refractivity contribution is 7.54. The van der Waals surface area contributed by atoms with Gasteiger partial charge < -0.3 is 29.1 Å². The van der Waals surface area contributed by atoms with Crippen molar-refractivity contribution < 1.29 is 33.7 Å². The zero-order valence-corrected chi connectivity index (χ0v) is 11.9. The lowest BCUT2D eigenvalue weighted by atomic mass is 9.94. The van der Waals surface area contributed by atoms with Crippen LogP contribution in [0.15, 0.2) is 0 Å². The van der Waals surface area contributed by atoms with Crippen LogP contribution in [-0.4, -0.2) is 66.5 Å². The van der Waals surface area contributed by atoms with Crippen molar-refractivity contribution in [3.8, 4) is 0 Å². The summed E-state index contributed by atoms with van der Waals surface area (Å²) in [5.74, 6) is -1.75. The van der Waals surface area contributed by atoms with E-state index in [4.69, 9.17) is 21.6 Å². The van der Waals surface area contributed by atoms with E-state index in [2.05, 4.69) is 0 Å². The van der Waals surface area contributed by atoms with Crippen LogP contribution in [-0.2, 0) is 18.3 Å². The van der Waals surface area contributed by atoms with E-state index in [9.17, 15) is 19.9 Å². The van der Waals surface area contributed by atoms with Gasteiger partial charge in [0.15, 0.2) is 5.85 Å². The highest BCUT2D eigenvalue weighted by Gasteiger charge is 2.46. The monoisotopic (exact) mass is 294 g/mol. The molecule has 1 fully saturated rings. The molecule has 2 unspecified atom stereocenters. The van der Waals surface area contributed by atoms with Crippen LogP contribution >= 0.6 is 7.60 Å². The standard InChI is InChI=1S/C10H20BO7P/c1-3-16-19(15,17-4-2)10(14)8(13)7-5-6(12)9(11)18-7/h6-10,12-14H,3-5H2,1-2H3/t6-,7-,8?,9+,10?/m0/s1. The van der Waals surface area contributed by atoms with E-state index in [1.807, 2.05) is 0 Å². The Labute approximate surface area is 113 Å². The van der Waals surface area contributed by atoms with E-state index in [-0.39, 0.29) is 19.6 Å². The second-order valence-corrected chi connectivity index (χ2v) is 6.35. The molecule has 0 aromatic carbocycles. The van der Waals surface area contributed by atoms with Crippen LogP contribution in [0.25, 0.3) is 0 Å². The highest BCUT2D eigenvalue weighted by atomic mass is 31.2. The predicted molar refractivity (Wildman–Crippen MR) is 67.9 cm³/mol. The molecule has 1 aliphatic heterocycles. The summed E-state index contributed by atoms with van der Waals surface area (Å²) in [5.41, 5.74) is 0. The van der Waals surface area contributed by atoms with E-state index < -0.39 is 37.8 Å². The normalized spacial score (nSPS) is 31.3. The molecular formula is C10H20BO7P. The highest BCUT2D eigenvalue weighted by Crippen LogP contribution is 2.53. The van der Waals surface area contributed by atoms with Crippen LogP contribution in [0.2, 0.25) is 0 Å². The molecule has 7 nitrogen and oxygen atoms in total. The fraction of sp³-hybridized carbons (Fsp3) is 1.00. The third-order valence-corrected chi connectivity index (χ3v) is 5.00.